The summed E-state index contributed by atoms with van der Waals surface area (Å²) in [7, 11) is 0. The molecular formula is C11H9ClN2O2S2. The minimum Gasteiger partial charge on any atom is -0.301 e. The SMILES string of the molecule is CC(Sc1nccc(=O)[nH]1)C(=O)c1ccc(Cl)s1. The second kappa shape index (κ2) is 5.69. The quantitative estimate of drug-likeness (QED) is 0.536. The number of ketones is 1. The second-order valence-electron chi connectivity index (χ2n) is 3.47. The fourth-order valence-electron chi connectivity index (χ4n) is 1.28. The molecule has 7 heteroatoms. The molecule has 0 aliphatic rings. The predicted octanol–water partition coefficient (Wildman–Crippen LogP) is 2.85. The molecule has 1 N–H and O–H groups in total. The van der Waals surface area contributed by atoms with Gasteiger partial charge in [0.05, 0.1) is 14.5 Å². The Kier molecular flexibility index (Phi) is 4.21. The van der Waals surface area contributed by atoms with Crippen LogP contribution in [0.2, 0.25) is 4.34 Å². The van der Waals surface area contributed by atoms with Gasteiger partial charge in [-0.2, -0.15) is 0 Å². The predicted molar refractivity (Wildman–Crippen MR) is 73.8 cm³/mol. The number of carbonyl (C=O) groups is 1. The third-order valence-corrected chi connectivity index (χ3v) is 4.37. The zero-order valence-corrected chi connectivity index (χ0v) is 11.7. The van der Waals surface area contributed by atoms with Crippen molar-refractivity contribution in [3.8, 4) is 0 Å². The molecular weight excluding hydrogens is 292 g/mol. The first kappa shape index (κ1) is 13.3. The summed E-state index contributed by atoms with van der Waals surface area (Å²) in [5.41, 5.74) is -0.230. The average Bonchev–Trinajstić information content (AvgIpc) is 2.75. The lowest BCUT2D eigenvalue weighted by Crippen LogP contribution is -2.14. The number of thiophene rings is 1. The number of H-pyrrole nitrogens is 1. The van der Waals surface area contributed by atoms with Gasteiger partial charge in [0.2, 0.25) is 0 Å². The highest BCUT2D eigenvalue weighted by Crippen LogP contribution is 2.27. The van der Waals surface area contributed by atoms with Gasteiger partial charge in [-0.05, 0) is 19.1 Å². The molecule has 0 saturated heterocycles. The van der Waals surface area contributed by atoms with Crippen LogP contribution >= 0.6 is 34.7 Å². The van der Waals surface area contributed by atoms with E-state index in [0.717, 1.165) is 0 Å². The van der Waals surface area contributed by atoms with E-state index in [1.807, 2.05) is 0 Å². The van der Waals surface area contributed by atoms with E-state index in [-0.39, 0.29) is 16.6 Å². The summed E-state index contributed by atoms with van der Waals surface area (Å²) in [5, 5.41) is 0.108. The average molecular weight is 301 g/mol. The number of nitrogens with one attached hydrogen (secondary N) is 1. The first-order valence-corrected chi connectivity index (χ1v) is 7.15. The lowest BCUT2D eigenvalue weighted by atomic mass is 10.2. The van der Waals surface area contributed by atoms with Crippen molar-refractivity contribution < 1.29 is 4.79 Å². The largest absolute Gasteiger partial charge is 0.301 e. The van der Waals surface area contributed by atoms with Gasteiger partial charge in [-0.3, -0.25) is 9.59 Å². The Morgan fingerprint density at radius 2 is 2.28 bits per heavy atom. The van der Waals surface area contributed by atoms with Crippen molar-refractivity contribution in [2.45, 2.75) is 17.3 Å². The van der Waals surface area contributed by atoms with Crippen LogP contribution in [0.1, 0.15) is 16.6 Å². The van der Waals surface area contributed by atoms with Gasteiger partial charge in [0.25, 0.3) is 5.56 Å². The number of halogens is 1. The maximum Gasteiger partial charge on any atom is 0.251 e. The summed E-state index contributed by atoms with van der Waals surface area (Å²) < 4.78 is 0.585. The molecule has 1 unspecified atom stereocenters. The van der Waals surface area contributed by atoms with Crippen LogP contribution in [0.3, 0.4) is 0 Å². The molecule has 0 amide bonds. The van der Waals surface area contributed by atoms with Crippen molar-refractivity contribution >= 4 is 40.5 Å². The van der Waals surface area contributed by atoms with Gasteiger partial charge in [-0.25, -0.2) is 4.98 Å². The van der Waals surface area contributed by atoms with Crippen LogP contribution in [0.15, 0.2) is 34.3 Å². The van der Waals surface area contributed by atoms with Gasteiger partial charge in [-0.1, -0.05) is 23.4 Å². The molecule has 0 aliphatic carbocycles. The molecule has 0 aromatic carbocycles. The monoisotopic (exact) mass is 300 g/mol. The Bertz CT molecular complexity index is 623. The summed E-state index contributed by atoms with van der Waals surface area (Å²) in [4.78, 5) is 30.3. The van der Waals surface area contributed by atoms with Crippen LogP contribution in [-0.2, 0) is 0 Å². The van der Waals surface area contributed by atoms with Gasteiger partial charge in [-0.15, -0.1) is 11.3 Å². The molecule has 2 aromatic rings. The molecule has 2 heterocycles. The smallest absolute Gasteiger partial charge is 0.251 e. The van der Waals surface area contributed by atoms with E-state index in [9.17, 15) is 9.59 Å². The molecule has 2 rings (SSSR count). The fourth-order valence-corrected chi connectivity index (χ4v) is 3.28. The molecule has 0 bridgehead atoms. The molecule has 0 saturated carbocycles. The number of carbonyl (C=O) groups excluding carboxylic acids is 1. The Morgan fingerprint density at radius 1 is 1.50 bits per heavy atom. The van der Waals surface area contributed by atoms with Gasteiger partial charge in [0.1, 0.15) is 0 Å². The molecule has 0 fully saturated rings. The molecule has 1 atom stereocenters. The molecule has 0 spiro atoms. The summed E-state index contributed by atoms with van der Waals surface area (Å²) in [6, 6.07) is 4.72. The number of rotatable bonds is 4. The van der Waals surface area contributed by atoms with Crippen LogP contribution in [0.5, 0.6) is 0 Å². The molecule has 0 aliphatic heterocycles. The number of hydrogen-bond acceptors (Lipinski definition) is 5. The number of Topliss-reactive ketones (excluding diaryl/α,β-unsaturated/α-hetero) is 1. The Morgan fingerprint density at radius 3 is 2.89 bits per heavy atom. The minimum absolute atomic E-state index is 0.0246. The van der Waals surface area contributed by atoms with Crippen molar-refractivity contribution in [3.63, 3.8) is 0 Å². The van der Waals surface area contributed by atoms with Crippen molar-refractivity contribution in [1.82, 2.24) is 9.97 Å². The van der Waals surface area contributed by atoms with Gasteiger partial charge in [0.15, 0.2) is 10.9 Å². The molecule has 18 heavy (non-hydrogen) atoms. The molecule has 94 valence electrons. The van der Waals surface area contributed by atoms with Crippen molar-refractivity contribution in [2.24, 2.45) is 0 Å². The lowest BCUT2D eigenvalue weighted by Gasteiger charge is -2.07. The van der Waals surface area contributed by atoms with Crippen LogP contribution in [0, 0.1) is 0 Å². The summed E-state index contributed by atoms with van der Waals surface area (Å²) in [5.74, 6) is -0.0246. The first-order chi connectivity index (χ1) is 8.56. The molecule has 0 radical (unpaired) electrons. The van der Waals surface area contributed by atoms with Gasteiger partial charge < -0.3 is 4.98 Å². The zero-order valence-electron chi connectivity index (χ0n) is 9.34. The Labute approximate surface area is 116 Å². The van der Waals surface area contributed by atoms with Crippen LogP contribution < -0.4 is 5.56 Å². The maximum atomic E-state index is 12.1. The summed E-state index contributed by atoms with van der Waals surface area (Å²) in [6.07, 6.45) is 1.42. The highest BCUT2D eigenvalue weighted by molar-refractivity contribution is 8.00. The van der Waals surface area contributed by atoms with Crippen LogP contribution in [0.25, 0.3) is 0 Å². The Hall–Kier alpha value is -1.11. The second-order valence-corrected chi connectivity index (χ2v) is 6.51. The topological polar surface area (TPSA) is 62.8 Å². The van der Waals surface area contributed by atoms with Crippen molar-refractivity contribution in [1.29, 1.82) is 0 Å². The number of thioether (sulfide) groups is 1. The van der Waals surface area contributed by atoms with Crippen molar-refractivity contribution in [2.75, 3.05) is 0 Å². The normalized spacial score (nSPS) is 12.3. The van der Waals surface area contributed by atoms with E-state index in [2.05, 4.69) is 9.97 Å². The van der Waals surface area contributed by atoms with Gasteiger partial charge >= 0.3 is 0 Å². The van der Waals surface area contributed by atoms with Crippen LogP contribution in [-0.4, -0.2) is 21.0 Å². The standard InChI is InChI=1S/C11H9ClN2O2S2/c1-6(10(16)7-2-3-8(12)18-7)17-11-13-5-4-9(15)14-11/h2-6H,1H3,(H,13,14,15). The highest BCUT2D eigenvalue weighted by atomic mass is 35.5. The number of hydrogen-bond donors (Lipinski definition) is 1. The van der Waals surface area contributed by atoms with E-state index in [0.29, 0.717) is 14.4 Å². The fraction of sp³-hybridized carbons (Fsp3) is 0.182. The Balaban J connectivity index is 2.10. The summed E-state index contributed by atoms with van der Waals surface area (Å²) >= 11 is 8.26. The number of aromatic amines is 1. The third kappa shape index (κ3) is 3.22. The first-order valence-electron chi connectivity index (χ1n) is 5.08. The zero-order chi connectivity index (χ0) is 13.1. The van der Waals surface area contributed by atoms with E-state index in [1.54, 1.807) is 19.1 Å². The van der Waals surface area contributed by atoms with E-state index >= 15 is 0 Å². The maximum absolute atomic E-state index is 12.1. The van der Waals surface area contributed by atoms with Crippen molar-refractivity contribution in [3.05, 3.63) is 44.0 Å². The van der Waals surface area contributed by atoms with Gasteiger partial charge in [0, 0.05) is 12.3 Å². The van der Waals surface area contributed by atoms with E-state index in [4.69, 9.17) is 11.6 Å². The van der Waals surface area contributed by atoms with E-state index < -0.39 is 0 Å². The summed E-state index contributed by atoms with van der Waals surface area (Å²) in [6.45, 7) is 1.77. The molecule has 2 aromatic heterocycles. The third-order valence-electron chi connectivity index (χ3n) is 2.12. The number of aromatic nitrogens is 2. The highest BCUT2D eigenvalue weighted by Gasteiger charge is 2.19. The minimum atomic E-state index is -0.328. The van der Waals surface area contributed by atoms with E-state index in [1.165, 1.54) is 35.4 Å². The molecule has 4 nitrogen and oxygen atoms in total. The van der Waals surface area contributed by atoms with Crippen LogP contribution in [0.4, 0.5) is 0 Å². The number of nitrogens with zero attached hydrogens (tertiary/aromatic N) is 1. The lowest BCUT2D eigenvalue weighted by molar-refractivity contribution is 0.0997.